The van der Waals surface area contributed by atoms with Gasteiger partial charge in [-0.2, -0.15) is 0 Å². The van der Waals surface area contributed by atoms with Crippen LogP contribution in [0.15, 0.2) is 22.7 Å². The predicted molar refractivity (Wildman–Crippen MR) is 86.1 cm³/mol. The number of halogens is 1. The van der Waals surface area contributed by atoms with Crippen molar-refractivity contribution in [2.45, 2.75) is 33.1 Å². The first-order valence-corrected chi connectivity index (χ1v) is 7.80. The normalized spacial score (nSPS) is 10.4. The van der Waals surface area contributed by atoms with Crippen molar-refractivity contribution in [3.05, 3.63) is 28.2 Å². The number of nitrogens with one attached hydrogen (secondary N) is 1. The van der Waals surface area contributed by atoms with Crippen molar-refractivity contribution in [3.63, 3.8) is 0 Å². The van der Waals surface area contributed by atoms with Gasteiger partial charge in [0.25, 0.3) is 0 Å². The van der Waals surface area contributed by atoms with Gasteiger partial charge in [0.2, 0.25) is 0 Å². The third-order valence-electron chi connectivity index (χ3n) is 3.02. The minimum atomic E-state index is -0.113. The lowest BCUT2D eigenvalue weighted by Gasteiger charge is -2.23. The Morgan fingerprint density at radius 1 is 1.35 bits per heavy atom. The van der Waals surface area contributed by atoms with Gasteiger partial charge in [-0.05, 0) is 53.4 Å². The van der Waals surface area contributed by atoms with Crippen molar-refractivity contribution in [1.82, 2.24) is 4.90 Å². The number of aliphatic hydroxyl groups is 1. The first-order valence-electron chi connectivity index (χ1n) is 7.01. The van der Waals surface area contributed by atoms with Crippen molar-refractivity contribution < 1.29 is 9.90 Å². The molecule has 1 aromatic rings. The number of unbranched alkanes of at least 4 members (excludes halogenated alkanes) is 1. The Balaban J connectivity index is 2.70. The predicted octanol–water partition coefficient (Wildman–Crippen LogP) is 3.77. The number of benzene rings is 1. The number of aliphatic hydroxyl groups excluding tert-OH is 1. The van der Waals surface area contributed by atoms with E-state index in [2.05, 4.69) is 28.2 Å². The van der Waals surface area contributed by atoms with E-state index in [1.165, 1.54) is 0 Å². The lowest BCUT2D eigenvalue weighted by atomic mass is 10.2. The molecule has 4 nitrogen and oxygen atoms in total. The third-order valence-corrected chi connectivity index (χ3v) is 3.71. The largest absolute Gasteiger partial charge is 0.396 e. The van der Waals surface area contributed by atoms with Gasteiger partial charge in [0.1, 0.15) is 0 Å². The number of amides is 2. The Kier molecular flexibility index (Phi) is 7.62. The first kappa shape index (κ1) is 17.0. The van der Waals surface area contributed by atoms with Crippen LogP contribution < -0.4 is 5.32 Å². The number of carbonyl (C=O) groups is 1. The summed E-state index contributed by atoms with van der Waals surface area (Å²) in [5.41, 5.74) is 1.87. The number of hydrogen-bond acceptors (Lipinski definition) is 2. The summed E-state index contributed by atoms with van der Waals surface area (Å²) in [6.45, 7) is 5.48. The fourth-order valence-corrected chi connectivity index (χ4v) is 2.20. The molecule has 1 aromatic carbocycles. The van der Waals surface area contributed by atoms with E-state index in [9.17, 15) is 4.79 Å². The molecule has 112 valence electrons. The molecule has 0 saturated heterocycles. The van der Waals surface area contributed by atoms with Crippen LogP contribution in [0.3, 0.4) is 0 Å². The van der Waals surface area contributed by atoms with Crippen LogP contribution in [0.4, 0.5) is 10.5 Å². The molecule has 0 saturated carbocycles. The quantitative estimate of drug-likeness (QED) is 0.792. The van der Waals surface area contributed by atoms with E-state index in [-0.39, 0.29) is 12.6 Å². The van der Waals surface area contributed by atoms with Crippen LogP contribution in [0, 0.1) is 6.92 Å². The molecule has 0 aromatic heterocycles. The molecule has 0 heterocycles. The van der Waals surface area contributed by atoms with Crippen LogP contribution in [0.25, 0.3) is 0 Å². The van der Waals surface area contributed by atoms with Crippen molar-refractivity contribution in [2.24, 2.45) is 0 Å². The first-order chi connectivity index (χ1) is 9.58. The summed E-state index contributed by atoms with van der Waals surface area (Å²) in [6.07, 6.45) is 2.61. The van der Waals surface area contributed by atoms with Crippen LogP contribution in [0.2, 0.25) is 0 Å². The molecular formula is C15H23BrN2O2. The van der Waals surface area contributed by atoms with Crippen molar-refractivity contribution >= 4 is 27.6 Å². The number of urea groups is 1. The monoisotopic (exact) mass is 342 g/mol. The van der Waals surface area contributed by atoms with Gasteiger partial charge in [-0.3, -0.25) is 0 Å². The molecule has 5 heteroatoms. The summed E-state index contributed by atoms with van der Waals surface area (Å²) in [4.78, 5) is 14.1. The van der Waals surface area contributed by atoms with Gasteiger partial charge < -0.3 is 15.3 Å². The second-order valence-electron chi connectivity index (χ2n) is 4.83. The maximum Gasteiger partial charge on any atom is 0.321 e. The highest BCUT2D eigenvalue weighted by Crippen LogP contribution is 2.23. The van der Waals surface area contributed by atoms with Gasteiger partial charge in [0.15, 0.2) is 0 Å². The van der Waals surface area contributed by atoms with Crippen LogP contribution in [0.1, 0.15) is 31.7 Å². The molecule has 0 spiro atoms. The molecule has 2 amide bonds. The van der Waals surface area contributed by atoms with E-state index in [1.54, 1.807) is 4.90 Å². The van der Waals surface area contributed by atoms with Gasteiger partial charge in [0.05, 0.1) is 5.69 Å². The second-order valence-corrected chi connectivity index (χ2v) is 5.69. The maximum atomic E-state index is 12.3. The number of carbonyl (C=O) groups excluding carboxylic acids is 1. The zero-order valence-electron chi connectivity index (χ0n) is 12.2. The highest BCUT2D eigenvalue weighted by atomic mass is 79.9. The fourth-order valence-electron chi connectivity index (χ4n) is 1.85. The molecule has 20 heavy (non-hydrogen) atoms. The van der Waals surface area contributed by atoms with Crippen LogP contribution in [0.5, 0.6) is 0 Å². The van der Waals surface area contributed by atoms with Crippen molar-refractivity contribution in [3.8, 4) is 0 Å². The lowest BCUT2D eigenvalue weighted by molar-refractivity contribution is 0.201. The highest BCUT2D eigenvalue weighted by molar-refractivity contribution is 9.10. The topological polar surface area (TPSA) is 52.6 Å². The van der Waals surface area contributed by atoms with Crippen molar-refractivity contribution in [1.29, 1.82) is 0 Å². The molecule has 0 radical (unpaired) electrons. The van der Waals surface area contributed by atoms with E-state index < -0.39 is 0 Å². The number of hydrogen-bond donors (Lipinski definition) is 2. The summed E-state index contributed by atoms with van der Waals surface area (Å²) in [6, 6.07) is 5.74. The summed E-state index contributed by atoms with van der Waals surface area (Å²) >= 11 is 3.44. The Labute approximate surface area is 129 Å². The summed E-state index contributed by atoms with van der Waals surface area (Å²) < 4.78 is 0.869. The van der Waals surface area contributed by atoms with E-state index in [0.29, 0.717) is 19.5 Å². The average molecular weight is 343 g/mol. The summed E-state index contributed by atoms with van der Waals surface area (Å²) in [7, 11) is 0. The number of aryl methyl sites for hydroxylation is 1. The molecule has 0 aliphatic heterocycles. The number of rotatable bonds is 7. The molecule has 0 unspecified atom stereocenters. The smallest absolute Gasteiger partial charge is 0.321 e. The minimum absolute atomic E-state index is 0.101. The zero-order valence-corrected chi connectivity index (χ0v) is 13.7. The number of anilines is 1. The summed E-state index contributed by atoms with van der Waals surface area (Å²) in [5.74, 6) is 0. The fraction of sp³-hybridized carbons (Fsp3) is 0.533. The van der Waals surface area contributed by atoms with Gasteiger partial charge in [-0.25, -0.2) is 4.79 Å². The molecule has 0 aliphatic carbocycles. The molecule has 0 aliphatic rings. The highest BCUT2D eigenvalue weighted by Gasteiger charge is 2.13. The Morgan fingerprint density at radius 3 is 2.70 bits per heavy atom. The molecule has 0 fully saturated rings. The standard InChI is InChI=1S/C15H23BrN2O2/c1-3-4-8-18(9-5-10-19)15(20)17-14-11-12(2)6-7-13(14)16/h6-7,11,19H,3-5,8-10H2,1-2H3,(H,17,20). The molecular weight excluding hydrogens is 320 g/mol. The SMILES string of the molecule is CCCCN(CCCO)C(=O)Nc1cc(C)ccc1Br. The van der Waals surface area contributed by atoms with Gasteiger partial charge in [-0.15, -0.1) is 0 Å². The van der Waals surface area contributed by atoms with Gasteiger partial charge in [-0.1, -0.05) is 19.4 Å². The van der Waals surface area contributed by atoms with Gasteiger partial charge >= 0.3 is 6.03 Å². The maximum absolute atomic E-state index is 12.3. The average Bonchev–Trinajstić information content (AvgIpc) is 2.43. The van der Waals surface area contributed by atoms with E-state index in [4.69, 9.17) is 5.11 Å². The van der Waals surface area contributed by atoms with E-state index in [1.807, 2.05) is 25.1 Å². The second kappa shape index (κ2) is 8.97. The van der Waals surface area contributed by atoms with Crippen LogP contribution in [-0.4, -0.2) is 35.7 Å². The molecule has 0 atom stereocenters. The molecule has 2 N–H and O–H groups in total. The van der Waals surface area contributed by atoms with Crippen LogP contribution >= 0.6 is 15.9 Å². The lowest BCUT2D eigenvalue weighted by Crippen LogP contribution is -2.37. The van der Waals surface area contributed by atoms with Crippen LogP contribution in [-0.2, 0) is 0 Å². The summed E-state index contributed by atoms with van der Waals surface area (Å²) in [5, 5.41) is 11.9. The number of nitrogens with zero attached hydrogens (tertiary/aromatic N) is 1. The Morgan fingerprint density at radius 2 is 2.05 bits per heavy atom. The van der Waals surface area contributed by atoms with E-state index >= 15 is 0 Å². The van der Waals surface area contributed by atoms with Crippen molar-refractivity contribution in [2.75, 3.05) is 25.0 Å². The Bertz CT molecular complexity index is 430. The zero-order chi connectivity index (χ0) is 15.0. The third kappa shape index (κ3) is 5.51. The molecule has 1 rings (SSSR count). The Hall–Kier alpha value is -1.07. The molecule has 0 bridgehead atoms. The van der Waals surface area contributed by atoms with Gasteiger partial charge in [0, 0.05) is 24.2 Å². The minimum Gasteiger partial charge on any atom is -0.396 e. The van der Waals surface area contributed by atoms with E-state index in [0.717, 1.165) is 28.6 Å².